The first-order chi connectivity index (χ1) is 26.7. The average molecular weight is 794 g/mol. The molecular weight excluding hydrogens is 751 g/mol. The number of alkyl halides is 3. The molecule has 0 spiro atoms. The van der Waals surface area contributed by atoms with Crippen LogP contribution in [0, 0.1) is 5.41 Å². The van der Waals surface area contributed by atoms with Gasteiger partial charge in [-0.15, -0.1) is 0 Å². The van der Waals surface area contributed by atoms with Crippen molar-refractivity contribution in [2.45, 2.75) is 57.7 Å². The number of halogens is 4. The first kappa shape index (κ1) is 40.0. The zero-order valence-electron chi connectivity index (χ0n) is 30.9. The number of hydrogen-bond acceptors (Lipinski definition) is 10. The normalized spacial score (nSPS) is 15.0. The Labute approximate surface area is 327 Å². The first-order valence-electron chi connectivity index (χ1n) is 18.3. The SMILES string of the molecule is CC(C)(CNC(=O)C(=O)Nc1ccccc1N1CCCCC1)CNC(=O)c1ccc(Nc2nc(NC3(c4ccc(Cl)cc4)CC3)nc(OCC(F)(F)F)n2)cc1. The molecule has 6 rings (SSSR count). The Morgan fingerprint density at radius 1 is 0.821 bits per heavy atom. The second-order valence-corrected chi connectivity index (χ2v) is 15.1. The molecule has 1 aliphatic heterocycles. The van der Waals surface area contributed by atoms with E-state index < -0.39 is 41.6 Å². The lowest BCUT2D eigenvalue weighted by molar-refractivity contribution is -0.154. The highest BCUT2D eigenvalue weighted by Gasteiger charge is 2.45. The van der Waals surface area contributed by atoms with Crippen molar-refractivity contribution in [1.29, 1.82) is 0 Å². The number of piperidine rings is 1. The topological polar surface area (TPSA) is 162 Å². The van der Waals surface area contributed by atoms with E-state index in [0.29, 0.717) is 22.0 Å². The van der Waals surface area contributed by atoms with Gasteiger partial charge in [0.05, 0.1) is 16.9 Å². The third kappa shape index (κ3) is 11.0. The molecule has 2 heterocycles. The van der Waals surface area contributed by atoms with E-state index in [2.05, 4.69) is 46.4 Å². The molecule has 0 bridgehead atoms. The molecule has 1 saturated carbocycles. The lowest BCUT2D eigenvalue weighted by Gasteiger charge is -2.30. The van der Waals surface area contributed by atoms with E-state index in [1.54, 1.807) is 42.5 Å². The maximum absolute atomic E-state index is 13.0. The highest BCUT2D eigenvalue weighted by atomic mass is 35.5. The predicted molar refractivity (Wildman–Crippen MR) is 207 cm³/mol. The molecule has 1 aliphatic carbocycles. The third-order valence-electron chi connectivity index (χ3n) is 9.39. The molecule has 4 aromatic rings. The minimum atomic E-state index is -4.61. The number of amides is 3. The number of nitrogens with zero attached hydrogens (tertiary/aromatic N) is 4. The van der Waals surface area contributed by atoms with Crippen molar-refractivity contribution < 1.29 is 32.3 Å². The molecule has 1 aromatic heterocycles. The summed E-state index contributed by atoms with van der Waals surface area (Å²) in [6.07, 6.45) is 0.182. The Bertz CT molecular complexity index is 2020. The van der Waals surface area contributed by atoms with Gasteiger partial charge in [-0.2, -0.15) is 28.1 Å². The monoisotopic (exact) mass is 793 g/mol. The lowest BCUT2D eigenvalue weighted by Crippen LogP contribution is -2.45. The summed E-state index contributed by atoms with van der Waals surface area (Å²) in [7, 11) is 0. The Kier molecular flexibility index (Phi) is 12.2. The van der Waals surface area contributed by atoms with Crippen LogP contribution in [0.5, 0.6) is 6.01 Å². The van der Waals surface area contributed by atoms with Crippen molar-refractivity contribution >= 4 is 58.3 Å². The molecule has 2 fully saturated rings. The molecule has 0 radical (unpaired) electrons. The molecular formula is C39H43ClF3N9O4. The van der Waals surface area contributed by atoms with Crippen LogP contribution in [0.3, 0.4) is 0 Å². The summed E-state index contributed by atoms with van der Waals surface area (Å²) in [5.41, 5.74) is 2.02. The first-order valence-corrected chi connectivity index (χ1v) is 18.6. The molecule has 2 aliphatic rings. The number of para-hydroxylation sites is 2. The van der Waals surface area contributed by atoms with Gasteiger partial charge in [0.15, 0.2) is 6.61 Å². The van der Waals surface area contributed by atoms with Gasteiger partial charge in [-0.1, -0.05) is 49.7 Å². The van der Waals surface area contributed by atoms with E-state index in [1.807, 2.05) is 44.2 Å². The van der Waals surface area contributed by atoms with Crippen LogP contribution in [0.4, 0.5) is 42.1 Å². The molecule has 3 amide bonds. The van der Waals surface area contributed by atoms with Gasteiger partial charge in [0, 0.05) is 42.5 Å². The number of carbonyl (C=O) groups excluding carboxylic acids is 3. The zero-order chi connectivity index (χ0) is 39.9. The molecule has 296 valence electrons. The molecule has 5 N–H and O–H groups in total. The summed E-state index contributed by atoms with van der Waals surface area (Å²) < 4.78 is 43.8. The molecule has 56 heavy (non-hydrogen) atoms. The van der Waals surface area contributed by atoms with Crippen LogP contribution in [0.15, 0.2) is 72.8 Å². The summed E-state index contributed by atoms with van der Waals surface area (Å²) in [6.45, 7) is 4.18. The van der Waals surface area contributed by atoms with Gasteiger partial charge in [0.25, 0.3) is 5.91 Å². The Hall–Kier alpha value is -5.64. The minimum absolute atomic E-state index is 0.0146. The van der Waals surface area contributed by atoms with Crippen molar-refractivity contribution in [2.24, 2.45) is 5.41 Å². The molecule has 3 aromatic carbocycles. The van der Waals surface area contributed by atoms with Gasteiger partial charge in [-0.05, 0) is 91.6 Å². The number of ether oxygens (including phenoxy) is 1. The van der Waals surface area contributed by atoms with Crippen molar-refractivity contribution in [1.82, 2.24) is 25.6 Å². The molecule has 1 saturated heterocycles. The second-order valence-electron chi connectivity index (χ2n) is 14.6. The van der Waals surface area contributed by atoms with Crippen LogP contribution in [-0.2, 0) is 15.1 Å². The number of nitrogens with one attached hydrogen (secondary N) is 5. The number of anilines is 5. The van der Waals surface area contributed by atoms with Crippen molar-refractivity contribution in [3.8, 4) is 6.01 Å². The van der Waals surface area contributed by atoms with Crippen molar-refractivity contribution in [3.05, 3.63) is 88.9 Å². The Morgan fingerprint density at radius 3 is 2.16 bits per heavy atom. The van der Waals surface area contributed by atoms with Crippen LogP contribution >= 0.6 is 11.6 Å². The van der Waals surface area contributed by atoms with Crippen LogP contribution in [-0.4, -0.2) is 71.6 Å². The zero-order valence-corrected chi connectivity index (χ0v) is 31.7. The number of benzene rings is 3. The van der Waals surface area contributed by atoms with Crippen molar-refractivity contribution in [2.75, 3.05) is 53.6 Å². The predicted octanol–water partition coefficient (Wildman–Crippen LogP) is 6.81. The Balaban J connectivity index is 1.02. The summed E-state index contributed by atoms with van der Waals surface area (Å²) in [5, 5.41) is 15.0. The molecule has 13 nitrogen and oxygen atoms in total. The van der Waals surface area contributed by atoms with Crippen LogP contribution < -0.4 is 36.2 Å². The average Bonchev–Trinajstić information content (AvgIpc) is 3.96. The standard InChI is InChI=1S/C39H43ClF3N9O4/c1-37(2,23-45-32(54)33(55)47-29-8-4-5-9-30(29)52-20-6-3-7-21-52)22-44-31(53)25-10-16-28(17-11-25)46-34-48-35(50-36(49-34)56-24-39(41,42)43)51-38(18-19-38)26-12-14-27(40)15-13-26/h4-5,8-17H,3,6-7,18-24H2,1-2H3,(H,44,53)(H,45,54)(H,47,55)(H2,46,48,49,50,51). The second kappa shape index (κ2) is 17.0. The number of hydrogen-bond donors (Lipinski definition) is 5. The number of aromatic nitrogens is 3. The third-order valence-corrected chi connectivity index (χ3v) is 9.64. The van der Waals surface area contributed by atoms with E-state index in [1.165, 1.54) is 6.42 Å². The van der Waals surface area contributed by atoms with Crippen molar-refractivity contribution in [3.63, 3.8) is 0 Å². The largest absolute Gasteiger partial charge is 0.454 e. The number of rotatable bonds is 14. The van der Waals surface area contributed by atoms with E-state index in [9.17, 15) is 27.6 Å². The maximum Gasteiger partial charge on any atom is 0.422 e. The highest BCUT2D eigenvalue weighted by Crippen LogP contribution is 2.48. The van der Waals surface area contributed by atoms with Gasteiger partial charge in [-0.3, -0.25) is 14.4 Å². The van der Waals surface area contributed by atoms with E-state index in [-0.39, 0.29) is 30.9 Å². The number of carbonyl (C=O) groups is 3. The van der Waals surface area contributed by atoms with Gasteiger partial charge in [0.2, 0.25) is 11.9 Å². The summed E-state index contributed by atoms with van der Waals surface area (Å²) in [5.74, 6) is -2.00. The highest BCUT2D eigenvalue weighted by molar-refractivity contribution is 6.40. The summed E-state index contributed by atoms with van der Waals surface area (Å²) in [4.78, 5) is 53.3. The van der Waals surface area contributed by atoms with Crippen LogP contribution in [0.2, 0.25) is 5.02 Å². The van der Waals surface area contributed by atoms with Gasteiger partial charge >= 0.3 is 24.0 Å². The fraction of sp³-hybridized carbons (Fsp3) is 0.385. The van der Waals surface area contributed by atoms with E-state index in [4.69, 9.17) is 16.3 Å². The van der Waals surface area contributed by atoms with Gasteiger partial charge < -0.3 is 36.2 Å². The van der Waals surface area contributed by atoms with E-state index >= 15 is 0 Å². The fourth-order valence-electron chi connectivity index (χ4n) is 6.16. The van der Waals surface area contributed by atoms with Gasteiger partial charge in [0.1, 0.15) is 0 Å². The van der Waals surface area contributed by atoms with Crippen LogP contribution in [0.1, 0.15) is 61.9 Å². The minimum Gasteiger partial charge on any atom is -0.454 e. The fourth-order valence-corrected chi connectivity index (χ4v) is 6.29. The van der Waals surface area contributed by atoms with Gasteiger partial charge in [-0.25, -0.2) is 0 Å². The quantitative estimate of drug-likeness (QED) is 0.0858. The lowest BCUT2D eigenvalue weighted by atomic mass is 9.93. The Morgan fingerprint density at radius 2 is 1.48 bits per heavy atom. The van der Waals surface area contributed by atoms with E-state index in [0.717, 1.165) is 50.0 Å². The molecule has 17 heteroatoms. The molecule has 0 atom stereocenters. The maximum atomic E-state index is 13.0. The summed E-state index contributed by atoms with van der Waals surface area (Å²) >= 11 is 6.05. The smallest absolute Gasteiger partial charge is 0.422 e. The van der Waals surface area contributed by atoms with Crippen LogP contribution in [0.25, 0.3) is 0 Å². The molecule has 0 unspecified atom stereocenters. The summed E-state index contributed by atoms with van der Waals surface area (Å²) in [6, 6.07) is 20.4.